The molecule has 6 N–H and O–H groups in total. The number of carbonyl (C=O) groups excluding carboxylic acids is 2. The van der Waals surface area contributed by atoms with Gasteiger partial charge in [-0.25, -0.2) is 0 Å². The monoisotopic (exact) mass is 259 g/mol. The summed E-state index contributed by atoms with van der Waals surface area (Å²) in [6.45, 7) is 1.05. The van der Waals surface area contributed by atoms with E-state index in [9.17, 15) is 9.59 Å². The Labute approximate surface area is 104 Å². The highest BCUT2D eigenvalue weighted by Gasteiger charge is 2.26. The minimum atomic E-state index is -0.349. The summed E-state index contributed by atoms with van der Waals surface area (Å²) in [6.07, 6.45) is 1.54. The zero-order chi connectivity index (χ0) is 12.8. The number of thioether (sulfide) groups is 1. The summed E-state index contributed by atoms with van der Waals surface area (Å²) in [4.78, 5) is 24.5. The van der Waals surface area contributed by atoms with Crippen molar-refractivity contribution in [2.24, 2.45) is 28.3 Å². The number of hydrogen-bond donors (Lipinski definition) is 3. The molecule has 1 rings (SSSR count). The lowest BCUT2D eigenvalue weighted by molar-refractivity contribution is -0.132. The third-order valence-corrected chi connectivity index (χ3v) is 3.44. The molecule has 1 fully saturated rings. The predicted molar refractivity (Wildman–Crippen MR) is 66.8 cm³/mol. The van der Waals surface area contributed by atoms with Crippen molar-refractivity contribution in [2.75, 3.05) is 18.8 Å². The molecule has 1 heterocycles. The molecule has 2 amide bonds. The largest absolute Gasteiger partial charge is 0.377 e. The summed E-state index contributed by atoms with van der Waals surface area (Å²) in [5, 5.41) is 3.43. The number of piperidine rings is 1. The topological polar surface area (TPSA) is 128 Å². The molecule has 0 radical (unpaired) electrons. The number of rotatable bonds is 3. The Morgan fingerprint density at radius 2 is 2.12 bits per heavy atom. The van der Waals surface area contributed by atoms with Gasteiger partial charge < -0.3 is 22.2 Å². The summed E-state index contributed by atoms with van der Waals surface area (Å²) in [5.41, 5.74) is 10.6. The Morgan fingerprint density at radius 3 is 2.71 bits per heavy atom. The second-order valence-corrected chi connectivity index (χ2v) is 4.83. The number of amidine groups is 1. The van der Waals surface area contributed by atoms with Crippen LogP contribution in [-0.4, -0.2) is 40.7 Å². The third-order valence-electron chi connectivity index (χ3n) is 2.65. The van der Waals surface area contributed by atoms with Crippen LogP contribution in [0.3, 0.4) is 0 Å². The van der Waals surface area contributed by atoms with Crippen molar-refractivity contribution in [3.63, 3.8) is 0 Å². The molecule has 1 atom stereocenters. The lowest BCUT2D eigenvalue weighted by atomic mass is 9.97. The quantitative estimate of drug-likeness (QED) is 0.249. The average molecular weight is 259 g/mol. The molecule has 0 bridgehead atoms. The number of hydrogen-bond acceptors (Lipinski definition) is 5. The highest BCUT2D eigenvalue weighted by Crippen LogP contribution is 2.17. The van der Waals surface area contributed by atoms with Crippen LogP contribution in [0.5, 0.6) is 0 Å². The van der Waals surface area contributed by atoms with Crippen molar-refractivity contribution in [1.82, 2.24) is 4.90 Å². The molecule has 1 aliphatic heterocycles. The molecular weight excluding hydrogens is 242 g/mol. The first kappa shape index (κ1) is 13.6. The van der Waals surface area contributed by atoms with Crippen LogP contribution in [-0.2, 0) is 9.59 Å². The highest BCUT2D eigenvalue weighted by atomic mass is 32.2. The first-order valence-electron chi connectivity index (χ1n) is 5.27. The van der Waals surface area contributed by atoms with Gasteiger partial charge in [-0.15, -0.1) is 0 Å². The van der Waals surface area contributed by atoms with Gasteiger partial charge in [0.1, 0.15) is 0 Å². The number of primary amides is 1. The van der Waals surface area contributed by atoms with E-state index in [-0.39, 0.29) is 28.7 Å². The molecule has 0 spiro atoms. The van der Waals surface area contributed by atoms with Crippen LogP contribution in [0.4, 0.5) is 0 Å². The van der Waals surface area contributed by atoms with Crippen molar-refractivity contribution in [3.05, 3.63) is 0 Å². The maximum atomic E-state index is 11.8. The number of likely N-dealkylation sites (tertiary alicyclic amines) is 1. The van der Waals surface area contributed by atoms with E-state index < -0.39 is 0 Å². The smallest absolute Gasteiger partial charge is 0.233 e. The van der Waals surface area contributed by atoms with Gasteiger partial charge in [0.25, 0.3) is 0 Å². The van der Waals surface area contributed by atoms with Crippen LogP contribution in [0.15, 0.2) is 5.10 Å². The van der Waals surface area contributed by atoms with Crippen LogP contribution in [0, 0.1) is 5.92 Å². The summed E-state index contributed by atoms with van der Waals surface area (Å²) >= 11 is 1.08. The Bertz CT molecular complexity index is 333. The van der Waals surface area contributed by atoms with Crippen LogP contribution in [0.2, 0.25) is 0 Å². The van der Waals surface area contributed by atoms with E-state index in [1.807, 2.05) is 0 Å². The Morgan fingerprint density at radius 1 is 1.41 bits per heavy atom. The number of amides is 2. The van der Waals surface area contributed by atoms with Crippen LogP contribution in [0.25, 0.3) is 0 Å². The molecule has 7 nitrogen and oxygen atoms in total. The summed E-state index contributed by atoms with van der Waals surface area (Å²) in [5.74, 6) is 4.47. The van der Waals surface area contributed by atoms with Crippen LogP contribution < -0.4 is 17.3 Å². The van der Waals surface area contributed by atoms with E-state index in [1.54, 1.807) is 4.90 Å². The molecule has 0 saturated carbocycles. The normalized spacial score (nSPS) is 21.3. The molecule has 0 aromatic rings. The van der Waals surface area contributed by atoms with Gasteiger partial charge >= 0.3 is 0 Å². The standard InChI is InChI=1S/C9H17N5O2S/c10-8(16)6-2-1-3-14(4-6)7(15)5-17-9(11)13-12/h6H,1-5,12H2,(H2,10,16)(H2,11,13). The molecule has 0 aromatic carbocycles. The first-order valence-corrected chi connectivity index (χ1v) is 6.26. The average Bonchev–Trinajstić information content (AvgIpc) is 2.35. The molecule has 8 heteroatoms. The van der Waals surface area contributed by atoms with Gasteiger partial charge in [-0.05, 0) is 12.8 Å². The number of nitrogens with zero attached hydrogens (tertiary/aromatic N) is 2. The van der Waals surface area contributed by atoms with Gasteiger partial charge in [0.2, 0.25) is 11.8 Å². The number of nitrogens with two attached hydrogens (primary N) is 3. The molecule has 1 aliphatic rings. The fourth-order valence-corrected chi connectivity index (χ4v) is 2.23. The van der Waals surface area contributed by atoms with Gasteiger partial charge in [0.05, 0.1) is 11.7 Å². The first-order chi connectivity index (χ1) is 8.04. The molecular formula is C9H17N5O2S. The maximum absolute atomic E-state index is 11.8. The van der Waals surface area contributed by atoms with E-state index in [2.05, 4.69) is 5.10 Å². The predicted octanol–water partition coefficient (Wildman–Crippen LogP) is -1.37. The Balaban J connectivity index is 2.43. The van der Waals surface area contributed by atoms with Crippen LogP contribution in [0.1, 0.15) is 12.8 Å². The van der Waals surface area contributed by atoms with E-state index in [4.69, 9.17) is 17.3 Å². The fraction of sp³-hybridized carbons (Fsp3) is 0.667. The molecule has 0 aromatic heterocycles. The van der Waals surface area contributed by atoms with E-state index in [0.29, 0.717) is 13.1 Å². The van der Waals surface area contributed by atoms with Gasteiger partial charge in [-0.2, -0.15) is 5.10 Å². The zero-order valence-electron chi connectivity index (χ0n) is 9.46. The number of hydrazone groups is 1. The van der Waals surface area contributed by atoms with Crippen molar-refractivity contribution in [1.29, 1.82) is 0 Å². The number of carbonyl (C=O) groups is 2. The van der Waals surface area contributed by atoms with Crippen molar-refractivity contribution >= 4 is 28.7 Å². The Hall–Kier alpha value is -1.44. The zero-order valence-corrected chi connectivity index (χ0v) is 10.3. The lowest BCUT2D eigenvalue weighted by Crippen LogP contribution is -2.44. The summed E-state index contributed by atoms with van der Waals surface area (Å²) in [6, 6.07) is 0. The molecule has 0 aliphatic carbocycles. The van der Waals surface area contributed by atoms with Gasteiger partial charge in [-0.3, -0.25) is 9.59 Å². The van der Waals surface area contributed by atoms with E-state index in [1.165, 1.54) is 0 Å². The molecule has 1 saturated heterocycles. The molecule has 96 valence electrons. The van der Waals surface area contributed by atoms with Gasteiger partial charge in [-0.1, -0.05) is 11.8 Å². The SMILES string of the molecule is NN=C(N)SCC(=O)N1CCCC(C(N)=O)C1. The van der Waals surface area contributed by atoms with Crippen molar-refractivity contribution < 1.29 is 9.59 Å². The highest BCUT2D eigenvalue weighted by molar-refractivity contribution is 8.14. The van der Waals surface area contributed by atoms with Gasteiger partial charge in [0, 0.05) is 13.1 Å². The fourth-order valence-electron chi connectivity index (χ4n) is 1.70. The maximum Gasteiger partial charge on any atom is 0.233 e. The van der Waals surface area contributed by atoms with Gasteiger partial charge in [0.15, 0.2) is 5.17 Å². The summed E-state index contributed by atoms with van der Waals surface area (Å²) < 4.78 is 0. The van der Waals surface area contributed by atoms with Crippen LogP contribution >= 0.6 is 11.8 Å². The summed E-state index contributed by atoms with van der Waals surface area (Å²) in [7, 11) is 0. The molecule has 1 unspecified atom stereocenters. The van der Waals surface area contributed by atoms with E-state index in [0.717, 1.165) is 24.6 Å². The van der Waals surface area contributed by atoms with Crippen molar-refractivity contribution in [2.45, 2.75) is 12.8 Å². The minimum absolute atomic E-state index is 0.0763. The minimum Gasteiger partial charge on any atom is -0.377 e. The Kier molecular flexibility index (Phi) is 5.08. The second-order valence-electron chi connectivity index (χ2n) is 3.84. The second kappa shape index (κ2) is 6.33. The van der Waals surface area contributed by atoms with Crippen molar-refractivity contribution in [3.8, 4) is 0 Å². The third kappa shape index (κ3) is 4.14. The van der Waals surface area contributed by atoms with E-state index >= 15 is 0 Å². The molecule has 17 heavy (non-hydrogen) atoms. The lowest BCUT2D eigenvalue weighted by Gasteiger charge is -2.31.